The van der Waals surface area contributed by atoms with E-state index in [-0.39, 0.29) is 0 Å². The summed E-state index contributed by atoms with van der Waals surface area (Å²) in [6, 6.07) is 1.53. The molecule has 0 bridgehead atoms. The lowest BCUT2D eigenvalue weighted by Crippen LogP contribution is -2.45. The Morgan fingerprint density at radius 1 is 1.18 bits per heavy atom. The zero-order valence-corrected chi connectivity index (χ0v) is 9.76. The van der Waals surface area contributed by atoms with Crippen molar-refractivity contribution in [1.82, 2.24) is 4.90 Å². The van der Waals surface area contributed by atoms with Crippen molar-refractivity contribution in [2.45, 2.75) is 50.7 Å². The molecule has 3 heteroatoms. The van der Waals surface area contributed by atoms with Crippen molar-refractivity contribution in [3.63, 3.8) is 0 Å². The first-order valence-corrected chi connectivity index (χ1v) is 5.75. The first-order chi connectivity index (χ1) is 5.13. The van der Waals surface area contributed by atoms with Gasteiger partial charge in [-0.1, -0.05) is 6.42 Å². The Labute approximate surface area is 74.7 Å². The second kappa shape index (κ2) is 4.17. The number of nitrogens with zero attached hydrogens (tertiary/aromatic N) is 1. The van der Waals surface area contributed by atoms with Crippen molar-refractivity contribution < 1.29 is 0 Å². The lowest BCUT2D eigenvalue weighted by atomic mass is 9.99. The number of hydrogen-bond donors (Lipinski definition) is 0. The van der Waals surface area contributed by atoms with Crippen LogP contribution in [-0.2, 0) is 0 Å². The van der Waals surface area contributed by atoms with Gasteiger partial charge in [0.1, 0.15) is 0 Å². The fraction of sp³-hybridized carbons (Fsp3) is 1.00. The molecule has 0 aromatic heterocycles. The molecule has 1 nitrogen and oxygen atoms in total. The van der Waals surface area contributed by atoms with Crippen LogP contribution in [0, 0.1) is 0 Å². The summed E-state index contributed by atoms with van der Waals surface area (Å²) in [4.78, 5) is 2.57. The molecule has 0 amide bonds. The summed E-state index contributed by atoms with van der Waals surface area (Å²) < 4.78 is 0. The van der Waals surface area contributed by atoms with Crippen molar-refractivity contribution in [2.24, 2.45) is 0 Å². The van der Waals surface area contributed by atoms with Crippen LogP contribution in [0.2, 0.25) is 0 Å². The van der Waals surface area contributed by atoms with E-state index in [0.717, 1.165) is 12.1 Å². The van der Waals surface area contributed by atoms with Crippen molar-refractivity contribution in [3.05, 3.63) is 0 Å². The molecule has 0 N–H and O–H groups in total. The van der Waals surface area contributed by atoms with Crippen LogP contribution in [0.3, 0.4) is 0 Å². The normalized spacial score (nSPS) is 34.6. The van der Waals surface area contributed by atoms with Gasteiger partial charge in [0.15, 0.2) is 0 Å². The molecule has 0 aromatic carbocycles. The van der Waals surface area contributed by atoms with Crippen molar-refractivity contribution >= 4 is 18.5 Å². The highest BCUT2D eigenvalue weighted by atomic mass is 31.1. The molecule has 0 aromatic rings. The van der Waals surface area contributed by atoms with E-state index in [4.69, 9.17) is 0 Å². The first-order valence-electron chi connectivity index (χ1n) is 4.41. The Balaban J connectivity index is 2.55. The molecule has 4 unspecified atom stereocenters. The maximum absolute atomic E-state index is 2.86. The van der Waals surface area contributed by atoms with Gasteiger partial charge < -0.3 is 0 Å². The maximum Gasteiger partial charge on any atom is 0.0384 e. The van der Waals surface area contributed by atoms with Crippen LogP contribution in [0.15, 0.2) is 0 Å². The number of hydrogen-bond acceptors (Lipinski definition) is 1. The van der Waals surface area contributed by atoms with E-state index >= 15 is 0 Å². The van der Waals surface area contributed by atoms with Crippen LogP contribution in [0.1, 0.15) is 33.1 Å². The molecule has 1 saturated heterocycles. The van der Waals surface area contributed by atoms with E-state index in [2.05, 4.69) is 37.2 Å². The van der Waals surface area contributed by atoms with Gasteiger partial charge in [0.05, 0.1) is 0 Å². The second-order valence-electron chi connectivity index (χ2n) is 3.57. The van der Waals surface area contributed by atoms with Crippen molar-refractivity contribution in [1.29, 1.82) is 0 Å². The predicted octanol–water partition coefficient (Wildman–Crippen LogP) is 2.28. The molecule has 0 saturated carbocycles. The topological polar surface area (TPSA) is 3.24 Å². The van der Waals surface area contributed by atoms with Gasteiger partial charge in [0.2, 0.25) is 0 Å². The monoisotopic (exact) mass is 191 g/mol. The first kappa shape index (κ1) is 9.90. The van der Waals surface area contributed by atoms with E-state index in [9.17, 15) is 0 Å². The summed E-state index contributed by atoms with van der Waals surface area (Å²) in [5, 5.41) is 0. The minimum atomic E-state index is 0.556. The van der Waals surface area contributed by atoms with E-state index in [1.165, 1.54) is 19.3 Å². The highest BCUT2D eigenvalue weighted by Gasteiger charge is 2.26. The molecule has 1 fully saturated rings. The average molecular weight is 191 g/mol. The Morgan fingerprint density at radius 3 is 1.91 bits per heavy atom. The molecular weight excluding hydrogens is 172 g/mol. The summed E-state index contributed by atoms with van der Waals surface area (Å²) >= 11 is 0. The van der Waals surface area contributed by atoms with E-state index in [1.54, 1.807) is 0 Å². The van der Waals surface area contributed by atoms with E-state index in [0.29, 0.717) is 5.52 Å². The van der Waals surface area contributed by atoms with Crippen LogP contribution in [0.4, 0.5) is 0 Å². The van der Waals surface area contributed by atoms with Crippen LogP contribution < -0.4 is 0 Å². The van der Waals surface area contributed by atoms with Gasteiger partial charge in [0, 0.05) is 17.6 Å². The smallest absolute Gasteiger partial charge is 0.0384 e. The summed E-state index contributed by atoms with van der Waals surface area (Å²) in [5.41, 5.74) is 0.556. The van der Waals surface area contributed by atoms with Crippen LogP contribution in [-0.4, -0.2) is 22.5 Å². The molecule has 1 aliphatic rings. The number of rotatable bonds is 1. The third kappa shape index (κ3) is 2.38. The Morgan fingerprint density at radius 2 is 1.64 bits per heavy atom. The third-order valence-corrected chi connectivity index (χ3v) is 3.29. The quantitative estimate of drug-likeness (QED) is 0.575. The van der Waals surface area contributed by atoms with Crippen molar-refractivity contribution in [3.8, 4) is 0 Å². The zero-order valence-electron chi connectivity index (χ0n) is 7.46. The largest absolute Gasteiger partial charge is 0.288 e. The zero-order chi connectivity index (χ0) is 8.43. The fourth-order valence-corrected chi connectivity index (χ4v) is 3.20. The van der Waals surface area contributed by atoms with Crippen molar-refractivity contribution in [2.75, 3.05) is 0 Å². The van der Waals surface area contributed by atoms with Gasteiger partial charge in [-0.3, -0.25) is 4.90 Å². The van der Waals surface area contributed by atoms with Gasteiger partial charge in [-0.2, -0.15) is 0 Å². The van der Waals surface area contributed by atoms with Crippen LogP contribution in [0.5, 0.6) is 0 Å². The second-order valence-corrected chi connectivity index (χ2v) is 5.70. The highest BCUT2D eigenvalue weighted by molar-refractivity contribution is 7.37. The molecule has 4 atom stereocenters. The Kier molecular flexibility index (Phi) is 3.75. The lowest BCUT2D eigenvalue weighted by Gasteiger charge is -2.41. The number of piperidine rings is 1. The minimum Gasteiger partial charge on any atom is -0.288 e. The van der Waals surface area contributed by atoms with Gasteiger partial charge in [-0.25, -0.2) is 0 Å². The lowest BCUT2D eigenvalue weighted by molar-refractivity contribution is 0.118. The molecule has 0 radical (unpaired) electrons. The molecule has 11 heavy (non-hydrogen) atoms. The standard InChI is InChI=1S/C8H19NP2/c1-6-4-3-5-7(2)9(6)8(10)11/h6-8H,3-5,10-11H2,1-2H3. The van der Waals surface area contributed by atoms with Crippen LogP contribution in [0.25, 0.3) is 0 Å². The Hall–Kier alpha value is 0.820. The molecular formula is C8H19NP2. The van der Waals surface area contributed by atoms with Gasteiger partial charge in [-0.05, 0) is 26.7 Å². The van der Waals surface area contributed by atoms with E-state index in [1.807, 2.05) is 0 Å². The number of likely N-dealkylation sites (tertiary alicyclic amines) is 1. The van der Waals surface area contributed by atoms with Gasteiger partial charge in [0.25, 0.3) is 0 Å². The van der Waals surface area contributed by atoms with Gasteiger partial charge in [-0.15, -0.1) is 18.5 Å². The highest BCUT2D eigenvalue weighted by Crippen LogP contribution is 2.29. The summed E-state index contributed by atoms with van der Waals surface area (Å²) in [6.07, 6.45) is 4.13. The third-order valence-electron chi connectivity index (χ3n) is 2.61. The molecule has 1 rings (SSSR count). The molecule has 0 spiro atoms. The van der Waals surface area contributed by atoms with Crippen LogP contribution >= 0.6 is 18.5 Å². The Bertz CT molecular complexity index is 117. The average Bonchev–Trinajstić information content (AvgIpc) is 1.85. The summed E-state index contributed by atoms with van der Waals surface area (Å²) in [6.45, 7) is 4.66. The fourth-order valence-electron chi connectivity index (χ4n) is 2.03. The molecule has 0 aliphatic carbocycles. The molecule has 1 aliphatic heterocycles. The maximum atomic E-state index is 2.86. The summed E-state index contributed by atoms with van der Waals surface area (Å²) in [7, 11) is 5.72. The minimum absolute atomic E-state index is 0.556. The van der Waals surface area contributed by atoms with Gasteiger partial charge >= 0.3 is 0 Å². The summed E-state index contributed by atoms with van der Waals surface area (Å²) in [5.74, 6) is 0. The molecule has 1 heterocycles. The molecule has 66 valence electrons. The SMILES string of the molecule is CC1CCCC(C)N1C(P)P. The van der Waals surface area contributed by atoms with E-state index < -0.39 is 0 Å². The predicted molar refractivity (Wildman–Crippen MR) is 57.8 cm³/mol.